The molecule has 0 aliphatic carbocycles. The van der Waals surface area contributed by atoms with Gasteiger partial charge >= 0.3 is 0 Å². The van der Waals surface area contributed by atoms with Gasteiger partial charge in [-0.1, -0.05) is 43.1 Å². The van der Waals surface area contributed by atoms with Crippen molar-refractivity contribution in [2.45, 2.75) is 39.0 Å². The second-order valence-corrected chi connectivity index (χ2v) is 5.76. The van der Waals surface area contributed by atoms with E-state index in [9.17, 15) is 0 Å². The van der Waals surface area contributed by atoms with Gasteiger partial charge in [0.15, 0.2) is 5.66 Å². The second kappa shape index (κ2) is 8.06. The fraction of sp³-hybridized carbons (Fsp3) is 0.429. The summed E-state index contributed by atoms with van der Waals surface area (Å²) >= 11 is 11.9. The Morgan fingerprint density at radius 1 is 1.17 bits per heavy atom. The van der Waals surface area contributed by atoms with Crippen LogP contribution in [0.1, 0.15) is 32.3 Å². The molecule has 0 saturated heterocycles. The highest BCUT2D eigenvalue weighted by Crippen LogP contribution is 2.29. The van der Waals surface area contributed by atoms with Crippen molar-refractivity contribution in [1.82, 2.24) is 5.06 Å². The molecular weight excluding hydrogens is 361 g/mol. The lowest BCUT2D eigenvalue weighted by molar-refractivity contribution is -0.179. The largest absolute Gasteiger partial charge is 0.368 e. The highest BCUT2D eigenvalue weighted by molar-refractivity contribution is 6.42. The maximum Gasteiger partial charge on any atom is 0.226 e. The van der Waals surface area contributed by atoms with Gasteiger partial charge in [0.05, 0.1) is 10.0 Å². The first-order valence-corrected chi connectivity index (χ1v) is 7.74. The third kappa shape index (κ3) is 4.20. The van der Waals surface area contributed by atoms with Gasteiger partial charge in [-0.2, -0.15) is 10.1 Å². The predicted octanol–water partition coefficient (Wildman–Crippen LogP) is 3.31. The van der Waals surface area contributed by atoms with Crippen molar-refractivity contribution >= 4 is 47.5 Å². The van der Waals surface area contributed by atoms with Crippen LogP contribution in [0.2, 0.25) is 10.0 Å². The highest BCUT2D eigenvalue weighted by Gasteiger charge is 2.39. The van der Waals surface area contributed by atoms with Crippen LogP contribution in [0.3, 0.4) is 0 Å². The van der Waals surface area contributed by atoms with E-state index in [1.807, 2.05) is 19.9 Å². The normalized spacial score (nSPS) is 16.4. The zero-order valence-electron chi connectivity index (χ0n) is 12.9. The summed E-state index contributed by atoms with van der Waals surface area (Å²) in [6, 6.07) is 5.31. The molecule has 0 radical (unpaired) electrons. The Hall–Kier alpha value is -1.21. The van der Waals surface area contributed by atoms with Crippen LogP contribution in [-0.2, 0) is 11.4 Å². The maximum atomic E-state index is 6.01. The van der Waals surface area contributed by atoms with E-state index in [4.69, 9.17) is 39.5 Å². The third-order valence-corrected chi connectivity index (χ3v) is 4.35. The van der Waals surface area contributed by atoms with Gasteiger partial charge < -0.3 is 11.5 Å². The molecule has 0 bridgehead atoms. The molecule has 0 spiro atoms. The van der Waals surface area contributed by atoms with Gasteiger partial charge in [-0.3, -0.25) is 4.84 Å². The van der Waals surface area contributed by atoms with Crippen LogP contribution in [0.5, 0.6) is 0 Å². The van der Waals surface area contributed by atoms with Crippen LogP contribution < -0.4 is 11.5 Å². The van der Waals surface area contributed by atoms with Crippen molar-refractivity contribution in [3.05, 3.63) is 33.8 Å². The fourth-order valence-corrected chi connectivity index (χ4v) is 2.63. The molecule has 1 aromatic rings. The number of guanidine groups is 2. The highest BCUT2D eigenvalue weighted by atomic mass is 35.5. The number of hydroxylamine groups is 2. The lowest BCUT2D eigenvalue weighted by Crippen LogP contribution is -2.56. The van der Waals surface area contributed by atoms with Gasteiger partial charge in [-0.05, 0) is 30.5 Å². The van der Waals surface area contributed by atoms with Crippen LogP contribution in [0, 0.1) is 0 Å². The van der Waals surface area contributed by atoms with Crippen molar-refractivity contribution in [2.75, 3.05) is 0 Å². The topological polar surface area (TPSA) is 89.2 Å². The molecule has 4 N–H and O–H groups in total. The molecule has 0 aromatic heterocycles. The summed E-state index contributed by atoms with van der Waals surface area (Å²) in [4.78, 5) is 14.2. The zero-order chi connectivity index (χ0) is 16.3. The first-order valence-electron chi connectivity index (χ1n) is 6.98. The van der Waals surface area contributed by atoms with E-state index in [-0.39, 0.29) is 30.9 Å². The Bertz CT molecular complexity index is 616. The Labute approximate surface area is 151 Å². The van der Waals surface area contributed by atoms with Gasteiger partial charge in [-0.25, -0.2) is 4.99 Å². The summed E-state index contributed by atoms with van der Waals surface area (Å²) in [6.45, 7) is 4.26. The lowest BCUT2D eigenvalue weighted by atomic mass is 10.0. The Kier molecular flexibility index (Phi) is 6.95. The van der Waals surface area contributed by atoms with Gasteiger partial charge in [0.25, 0.3) is 0 Å². The molecule has 6 nitrogen and oxygen atoms in total. The minimum absolute atomic E-state index is 0. The van der Waals surface area contributed by atoms with Crippen molar-refractivity contribution in [3.63, 3.8) is 0 Å². The van der Waals surface area contributed by atoms with Crippen molar-refractivity contribution in [1.29, 1.82) is 0 Å². The predicted molar refractivity (Wildman–Crippen MR) is 96.9 cm³/mol. The molecular formula is C14H20Cl3N5O. The van der Waals surface area contributed by atoms with Crippen LogP contribution in [0.15, 0.2) is 28.2 Å². The molecule has 0 saturated carbocycles. The summed E-state index contributed by atoms with van der Waals surface area (Å²) in [5, 5.41) is 2.49. The quantitative estimate of drug-likeness (QED) is 0.820. The summed E-state index contributed by atoms with van der Waals surface area (Å²) in [5.41, 5.74) is 11.9. The van der Waals surface area contributed by atoms with Crippen molar-refractivity contribution in [2.24, 2.45) is 21.5 Å². The number of rotatable bonds is 5. The van der Waals surface area contributed by atoms with Crippen LogP contribution in [-0.4, -0.2) is 22.6 Å². The molecule has 0 unspecified atom stereocenters. The Morgan fingerprint density at radius 2 is 1.83 bits per heavy atom. The monoisotopic (exact) mass is 379 g/mol. The summed E-state index contributed by atoms with van der Waals surface area (Å²) < 4.78 is 0. The molecule has 0 atom stereocenters. The van der Waals surface area contributed by atoms with Gasteiger partial charge in [0, 0.05) is 0 Å². The van der Waals surface area contributed by atoms with Crippen LogP contribution >= 0.6 is 35.6 Å². The molecule has 1 aliphatic heterocycles. The van der Waals surface area contributed by atoms with E-state index < -0.39 is 5.66 Å². The molecule has 9 heteroatoms. The van der Waals surface area contributed by atoms with E-state index >= 15 is 0 Å². The minimum Gasteiger partial charge on any atom is -0.368 e. The molecule has 1 aromatic carbocycles. The average Bonchev–Trinajstić information content (AvgIpc) is 2.49. The van der Waals surface area contributed by atoms with Crippen LogP contribution in [0.25, 0.3) is 0 Å². The second-order valence-electron chi connectivity index (χ2n) is 4.95. The van der Waals surface area contributed by atoms with Gasteiger partial charge in [0.2, 0.25) is 11.9 Å². The average molecular weight is 381 g/mol. The van der Waals surface area contributed by atoms with E-state index in [1.54, 1.807) is 12.1 Å². The first kappa shape index (κ1) is 19.8. The number of nitrogens with zero attached hydrogens (tertiary/aromatic N) is 3. The molecule has 2 rings (SSSR count). The molecule has 23 heavy (non-hydrogen) atoms. The summed E-state index contributed by atoms with van der Waals surface area (Å²) in [6.07, 6.45) is 1.36. The number of benzene rings is 1. The minimum atomic E-state index is -0.647. The van der Waals surface area contributed by atoms with E-state index in [1.165, 1.54) is 5.06 Å². The maximum absolute atomic E-state index is 6.01. The molecule has 0 fully saturated rings. The zero-order valence-corrected chi connectivity index (χ0v) is 15.3. The van der Waals surface area contributed by atoms with Crippen LogP contribution in [0.4, 0.5) is 0 Å². The number of nitrogens with two attached hydrogens (primary N) is 2. The number of hydrogen-bond donors (Lipinski definition) is 2. The molecule has 0 amide bonds. The van der Waals surface area contributed by atoms with Gasteiger partial charge in [0.1, 0.15) is 6.61 Å². The fourth-order valence-electron chi connectivity index (χ4n) is 2.31. The van der Waals surface area contributed by atoms with E-state index in [2.05, 4.69) is 9.98 Å². The SMILES string of the molecule is CCC1(CC)N=C(N)N=C(N)N1OCc1ccc(Cl)c(Cl)c1.Cl. The number of hydrogen-bond acceptors (Lipinski definition) is 6. The van der Waals surface area contributed by atoms with Crippen molar-refractivity contribution in [3.8, 4) is 0 Å². The number of halogens is 3. The summed E-state index contributed by atoms with van der Waals surface area (Å²) in [7, 11) is 0. The molecule has 1 aliphatic rings. The Balaban J connectivity index is 0.00000264. The third-order valence-electron chi connectivity index (χ3n) is 3.61. The van der Waals surface area contributed by atoms with Gasteiger partial charge in [-0.15, -0.1) is 12.4 Å². The molecule has 128 valence electrons. The standard InChI is InChI=1S/C14H19Cl2N5O.ClH/c1-3-14(4-2)20-12(17)19-13(18)21(14)22-8-9-5-6-10(15)11(16)7-9;/h5-7H,3-4,8H2,1-2H3,(H4,17,18,19,20);1H. The molecule has 1 heterocycles. The van der Waals surface area contributed by atoms with E-state index in [0.29, 0.717) is 22.9 Å². The first-order chi connectivity index (χ1) is 10.4. The number of aliphatic imine (C=N–C) groups is 2. The summed E-state index contributed by atoms with van der Waals surface area (Å²) in [5.74, 6) is 0.354. The van der Waals surface area contributed by atoms with E-state index in [0.717, 1.165) is 5.56 Å². The van der Waals surface area contributed by atoms with Crippen molar-refractivity contribution < 1.29 is 4.84 Å². The Morgan fingerprint density at radius 3 is 2.39 bits per heavy atom. The smallest absolute Gasteiger partial charge is 0.226 e. The lowest BCUT2D eigenvalue weighted by Gasteiger charge is -2.40.